The molecule has 2 aromatic rings. The molecule has 3 rings (SSSR count). The maximum absolute atomic E-state index is 5.13. The molecular formula is C14H19N3O. The molecule has 0 saturated heterocycles. The fourth-order valence-electron chi connectivity index (χ4n) is 2.75. The van der Waals surface area contributed by atoms with E-state index in [1.54, 1.807) is 7.11 Å². The number of pyridine rings is 1. The molecule has 1 aliphatic carbocycles. The van der Waals surface area contributed by atoms with E-state index >= 15 is 0 Å². The number of imidazole rings is 1. The zero-order valence-corrected chi connectivity index (χ0v) is 10.8. The van der Waals surface area contributed by atoms with E-state index in [2.05, 4.69) is 15.0 Å². The van der Waals surface area contributed by atoms with E-state index in [0.29, 0.717) is 11.8 Å². The van der Waals surface area contributed by atoms with Crippen molar-refractivity contribution in [2.45, 2.75) is 44.4 Å². The first-order valence-electron chi connectivity index (χ1n) is 6.77. The van der Waals surface area contributed by atoms with Crippen molar-refractivity contribution in [1.29, 1.82) is 0 Å². The highest BCUT2D eigenvalue weighted by atomic mass is 16.5. The van der Waals surface area contributed by atoms with Gasteiger partial charge in [0.1, 0.15) is 5.82 Å². The third-order valence-corrected chi connectivity index (χ3v) is 3.79. The van der Waals surface area contributed by atoms with Gasteiger partial charge in [-0.25, -0.2) is 4.98 Å². The minimum Gasteiger partial charge on any atom is -0.481 e. The number of methoxy groups -OCH3 is 1. The van der Waals surface area contributed by atoms with Crippen LogP contribution in [0, 0.1) is 0 Å². The molecule has 18 heavy (non-hydrogen) atoms. The first-order valence-corrected chi connectivity index (χ1v) is 6.77. The minimum atomic E-state index is 0.577. The van der Waals surface area contributed by atoms with Crippen LogP contribution in [0.4, 0.5) is 0 Å². The Balaban J connectivity index is 1.91. The smallest absolute Gasteiger partial charge is 0.215 e. The second kappa shape index (κ2) is 4.96. The van der Waals surface area contributed by atoms with Crippen molar-refractivity contribution in [3.63, 3.8) is 0 Å². The highest BCUT2D eigenvalue weighted by Gasteiger charge is 2.18. The summed E-state index contributed by atoms with van der Waals surface area (Å²) < 4.78 is 5.13. The van der Waals surface area contributed by atoms with Gasteiger partial charge in [-0.05, 0) is 18.9 Å². The van der Waals surface area contributed by atoms with Crippen molar-refractivity contribution < 1.29 is 4.74 Å². The number of H-pyrrole nitrogens is 1. The highest BCUT2D eigenvalue weighted by molar-refractivity contribution is 5.71. The summed E-state index contributed by atoms with van der Waals surface area (Å²) in [6, 6.07) is 3.87. The van der Waals surface area contributed by atoms with Crippen LogP contribution in [0.25, 0.3) is 11.2 Å². The van der Waals surface area contributed by atoms with Crippen molar-refractivity contribution in [1.82, 2.24) is 15.0 Å². The summed E-state index contributed by atoms with van der Waals surface area (Å²) in [5.74, 6) is 2.31. The van der Waals surface area contributed by atoms with E-state index in [1.807, 2.05) is 12.1 Å². The molecular weight excluding hydrogens is 226 g/mol. The van der Waals surface area contributed by atoms with E-state index < -0.39 is 0 Å². The van der Waals surface area contributed by atoms with Crippen LogP contribution in [0.3, 0.4) is 0 Å². The molecule has 0 atom stereocenters. The van der Waals surface area contributed by atoms with Gasteiger partial charge in [0.25, 0.3) is 0 Å². The Morgan fingerprint density at radius 3 is 2.61 bits per heavy atom. The van der Waals surface area contributed by atoms with Crippen molar-refractivity contribution in [3.05, 3.63) is 18.0 Å². The zero-order valence-electron chi connectivity index (χ0n) is 10.8. The van der Waals surface area contributed by atoms with Crippen LogP contribution >= 0.6 is 0 Å². The normalized spacial score (nSPS) is 17.8. The Hall–Kier alpha value is -1.58. The first kappa shape index (κ1) is 11.5. The van der Waals surface area contributed by atoms with Gasteiger partial charge in [-0.1, -0.05) is 25.7 Å². The molecule has 0 unspecified atom stereocenters. The van der Waals surface area contributed by atoms with E-state index in [1.165, 1.54) is 38.5 Å². The molecule has 0 aliphatic heterocycles. The summed E-state index contributed by atoms with van der Waals surface area (Å²) in [7, 11) is 1.63. The lowest BCUT2D eigenvalue weighted by Gasteiger charge is -2.09. The number of aromatic amines is 1. The maximum atomic E-state index is 5.13. The Bertz CT molecular complexity index is 527. The standard InChI is InChI=1S/C14H19N3O/c1-18-12-9-8-11-14(16-12)17-13(15-11)10-6-4-2-3-5-7-10/h8-10H,2-7H2,1H3,(H,15,16,17). The summed E-state index contributed by atoms with van der Waals surface area (Å²) in [4.78, 5) is 12.4. The van der Waals surface area contributed by atoms with E-state index in [-0.39, 0.29) is 0 Å². The fraction of sp³-hybridized carbons (Fsp3) is 0.571. The first-order chi connectivity index (χ1) is 8.86. The zero-order chi connectivity index (χ0) is 12.4. The van der Waals surface area contributed by atoms with Gasteiger partial charge >= 0.3 is 0 Å². The maximum Gasteiger partial charge on any atom is 0.215 e. The van der Waals surface area contributed by atoms with Crippen LogP contribution in [0.2, 0.25) is 0 Å². The van der Waals surface area contributed by atoms with Crippen molar-refractivity contribution in [2.24, 2.45) is 0 Å². The topological polar surface area (TPSA) is 50.8 Å². The molecule has 1 saturated carbocycles. The van der Waals surface area contributed by atoms with Gasteiger partial charge in [-0.2, -0.15) is 4.98 Å². The third kappa shape index (κ3) is 2.19. The minimum absolute atomic E-state index is 0.577. The summed E-state index contributed by atoms with van der Waals surface area (Å²) in [6.45, 7) is 0. The molecule has 1 fully saturated rings. The number of hydrogen-bond donors (Lipinski definition) is 1. The lowest BCUT2D eigenvalue weighted by Crippen LogP contribution is -1.99. The summed E-state index contributed by atoms with van der Waals surface area (Å²) in [5.41, 5.74) is 1.78. The second-order valence-corrected chi connectivity index (χ2v) is 5.04. The predicted molar refractivity (Wildman–Crippen MR) is 70.9 cm³/mol. The molecule has 2 heterocycles. The molecule has 1 aliphatic rings. The quantitative estimate of drug-likeness (QED) is 0.825. The molecule has 0 amide bonds. The monoisotopic (exact) mass is 245 g/mol. The van der Waals surface area contributed by atoms with Crippen LogP contribution in [0.1, 0.15) is 50.3 Å². The largest absolute Gasteiger partial charge is 0.481 e. The second-order valence-electron chi connectivity index (χ2n) is 5.04. The summed E-state index contributed by atoms with van der Waals surface area (Å²) in [5, 5.41) is 0. The van der Waals surface area contributed by atoms with Gasteiger partial charge in [0.05, 0.1) is 12.6 Å². The SMILES string of the molecule is COc1ccc2[nH]c(C3CCCCCC3)nc2n1. The molecule has 1 N–H and O–H groups in total. The van der Waals surface area contributed by atoms with Crippen molar-refractivity contribution >= 4 is 11.2 Å². The van der Waals surface area contributed by atoms with E-state index in [0.717, 1.165) is 17.0 Å². The lowest BCUT2D eigenvalue weighted by atomic mass is 10.00. The van der Waals surface area contributed by atoms with Crippen LogP contribution in [-0.4, -0.2) is 22.1 Å². The van der Waals surface area contributed by atoms with E-state index in [9.17, 15) is 0 Å². The van der Waals surface area contributed by atoms with Crippen molar-refractivity contribution in [2.75, 3.05) is 7.11 Å². The number of rotatable bonds is 2. The van der Waals surface area contributed by atoms with Crippen molar-refractivity contribution in [3.8, 4) is 5.88 Å². The Labute approximate surface area is 107 Å². The lowest BCUT2D eigenvalue weighted by molar-refractivity contribution is 0.399. The number of nitrogens with zero attached hydrogens (tertiary/aromatic N) is 2. The number of nitrogens with one attached hydrogen (secondary N) is 1. The Morgan fingerprint density at radius 1 is 1.11 bits per heavy atom. The molecule has 2 aromatic heterocycles. The number of hydrogen-bond acceptors (Lipinski definition) is 3. The number of fused-ring (bicyclic) bond motifs is 1. The molecule has 0 spiro atoms. The average Bonchev–Trinajstić information content (AvgIpc) is 2.63. The van der Waals surface area contributed by atoms with Gasteiger partial charge in [0, 0.05) is 12.0 Å². The Morgan fingerprint density at radius 2 is 1.89 bits per heavy atom. The fourth-order valence-corrected chi connectivity index (χ4v) is 2.75. The molecule has 0 radical (unpaired) electrons. The summed E-state index contributed by atoms with van der Waals surface area (Å²) >= 11 is 0. The molecule has 4 heteroatoms. The number of ether oxygens (including phenoxy) is 1. The van der Waals surface area contributed by atoms with Crippen LogP contribution < -0.4 is 4.74 Å². The van der Waals surface area contributed by atoms with Gasteiger partial charge in [0.15, 0.2) is 5.65 Å². The molecule has 0 aromatic carbocycles. The molecule has 96 valence electrons. The van der Waals surface area contributed by atoms with Gasteiger partial charge in [-0.3, -0.25) is 0 Å². The highest BCUT2D eigenvalue weighted by Crippen LogP contribution is 2.31. The average molecular weight is 245 g/mol. The van der Waals surface area contributed by atoms with Gasteiger partial charge < -0.3 is 9.72 Å². The third-order valence-electron chi connectivity index (χ3n) is 3.79. The molecule has 0 bridgehead atoms. The predicted octanol–water partition coefficient (Wildman–Crippen LogP) is 3.40. The van der Waals surface area contributed by atoms with E-state index in [4.69, 9.17) is 4.74 Å². The van der Waals surface area contributed by atoms with Gasteiger partial charge in [-0.15, -0.1) is 0 Å². The van der Waals surface area contributed by atoms with Crippen LogP contribution in [0.15, 0.2) is 12.1 Å². The number of aromatic nitrogens is 3. The Kier molecular flexibility index (Phi) is 3.17. The summed E-state index contributed by atoms with van der Waals surface area (Å²) in [6.07, 6.45) is 7.86. The van der Waals surface area contributed by atoms with Crippen LogP contribution in [-0.2, 0) is 0 Å². The van der Waals surface area contributed by atoms with Gasteiger partial charge in [0.2, 0.25) is 5.88 Å². The van der Waals surface area contributed by atoms with Crippen LogP contribution in [0.5, 0.6) is 5.88 Å². The molecule has 4 nitrogen and oxygen atoms in total.